The van der Waals surface area contributed by atoms with E-state index in [4.69, 9.17) is 0 Å². The molecule has 8 heteroatoms. The number of fused-ring (bicyclic) bond motifs is 1. The molecule has 0 radical (unpaired) electrons. The van der Waals surface area contributed by atoms with Gasteiger partial charge in [0, 0.05) is 22.5 Å². The van der Waals surface area contributed by atoms with E-state index in [1.165, 1.54) is 16.9 Å². The predicted octanol–water partition coefficient (Wildman–Crippen LogP) is 4.49. The fourth-order valence-electron chi connectivity index (χ4n) is 3.34. The Bertz CT molecular complexity index is 1330. The lowest BCUT2D eigenvalue weighted by atomic mass is 10.1. The number of aryl methyl sites for hydroxylation is 1. The second-order valence-corrected chi connectivity index (χ2v) is 8.04. The molecule has 1 amide bonds. The molecular formula is C22H18N6OS. The minimum atomic E-state index is -0.237. The molecule has 30 heavy (non-hydrogen) atoms. The number of carbonyl (C=O) groups excluding carboxylic acids is 1. The summed E-state index contributed by atoms with van der Waals surface area (Å²) in [6, 6.07) is 14.1. The van der Waals surface area contributed by atoms with Crippen molar-refractivity contribution in [3.8, 4) is 11.1 Å². The molecule has 0 aliphatic carbocycles. The maximum absolute atomic E-state index is 12.6. The first kappa shape index (κ1) is 18.3. The first-order valence-electron chi connectivity index (χ1n) is 9.43. The van der Waals surface area contributed by atoms with Crippen LogP contribution in [0.4, 0.5) is 5.69 Å². The molecule has 0 fully saturated rings. The number of H-pyrrole nitrogens is 1. The van der Waals surface area contributed by atoms with Crippen molar-refractivity contribution in [3.63, 3.8) is 0 Å². The number of amides is 1. The molecule has 0 atom stereocenters. The SMILES string of the molecule is Cc1nc(C(=O)Nc2cc(-c3cnn(Cc4ccccc4)c3)cc3[nH]ncc23)cs1. The number of anilines is 1. The topological polar surface area (TPSA) is 88.5 Å². The molecule has 2 aromatic carbocycles. The highest BCUT2D eigenvalue weighted by molar-refractivity contribution is 7.09. The molecule has 2 N–H and O–H groups in total. The molecule has 7 nitrogen and oxygen atoms in total. The van der Waals surface area contributed by atoms with E-state index in [-0.39, 0.29) is 5.91 Å². The Morgan fingerprint density at radius 3 is 2.83 bits per heavy atom. The Kier molecular flexibility index (Phi) is 4.61. The Hall–Kier alpha value is -3.78. The van der Waals surface area contributed by atoms with Crippen molar-refractivity contribution in [2.45, 2.75) is 13.5 Å². The first-order valence-corrected chi connectivity index (χ1v) is 10.3. The van der Waals surface area contributed by atoms with Gasteiger partial charge in [-0.2, -0.15) is 10.2 Å². The smallest absolute Gasteiger partial charge is 0.275 e. The molecule has 0 aliphatic heterocycles. The molecule has 5 aromatic rings. The summed E-state index contributed by atoms with van der Waals surface area (Å²) in [5.41, 5.74) is 5.02. The number of thiazole rings is 1. The molecule has 0 bridgehead atoms. The standard InChI is InChI=1S/C22H18N6OS/c1-14-25-21(13-30-14)22(29)26-19-7-16(8-20-18(19)10-23-27-20)17-9-24-28(12-17)11-15-5-3-2-4-6-15/h2-10,12-13H,11H2,1H3,(H,23,27)(H,26,29). The van der Waals surface area contributed by atoms with Crippen molar-refractivity contribution in [1.29, 1.82) is 0 Å². The number of nitrogens with one attached hydrogen (secondary N) is 2. The number of hydrogen-bond donors (Lipinski definition) is 2. The number of aromatic nitrogens is 5. The van der Waals surface area contributed by atoms with Gasteiger partial charge < -0.3 is 5.32 Å². The Balaban J connectivity index is 1.46. The normalized spacial score (nSPS) is 11.1. The highest BCUT2D eigenvalue weighted by atomic mass is 32.1. The molecule has 0 spiro atoms. The highest BCUT2D eigenvalue weighted by Gasteiger charge is 2.14. The molecule has 3 aromatic heterocycles. The number of hydrogen-bond acceptors (Lipinski definition) is 5. The summed E-state index contributed by atoms with van der Waals surface area (Å²) in [6.07, 6.45) is 5.54. The van der Waals surface area contributed by atoms with Crippen LogP contribution in [0.25, 0.3) is 22.0 Å². The van der Waals surface area contributed by atoms with Crippen LogP contribution in [0.15, 0.2) is 66.4 Å². The van der Waals surface area contributed by atoms with E-state index in [9.17, 15) is 4.79 Å². The van der Waals surface area contributed by atoms with Gasteiger partial charge in [0.1, 0.15) is 5.69 Å². The van der Waals surface area contributed by atoms with Gasteiger partial charge in [0.15, 0.2) is 0 Å². The van der Waals surface area contributed by atoms with Gasteiger partial charge in [0.25, 0.3) is 5.91 Å². The number of nitrogens with zero attached hydrogens (tertiary/aromatic N) is 4. The molecular weight excluding hydrogens is 396 g/mol. The molecule has 3 heterocycles. The van der Waals surface area contributed by atoms with Crippen LogP contribution < -0.4 is 5.32 Å². The zero-order valence-corrected chi connectivity index (χ0v) is 17.0. The van der Waals surface area contributed by atoms with Crippen LogP contribution in [0.2, 0.25) is 0 Å². The maximum atomic E-state index is 12.6. The van der Waals surface area contributed by atoms with Gasteiger partial charge >= 0.3 is 0 Å². The zero-order chi connectivity index (χ0) is 20.5. The van der Waals surface area contributed by atoms with E-state index in [0.29, 0.717) is 17.9 Å². The summed E-state index contributed by atoms with van der Waals surface area (Å²) in [7, 11) is 0. The van der Waals surface area contributed by atoms with E-state index in [2.05, 4.69) is 37.7 Å². The number of benzene rings is 2. The molecule has 0 aliphatic rings. The van der Waals surface area contributed by atoms with Crippen LogP contribution in [-0.2, 0) is 6.54 Å². The van der Waals surface area contributed by atoms with E-state index in [1.54, 1.807) is 11.6 Å². The number of aromatic amines is 1. The van der Waals surface area contributed by atoms with Crippen molar-refractivity contribution in [1.82, 2.24) is 25.0 Å². The summed E-state index contributed by atoms with van der Waals surface area (Å²) < 4.78 is 1.90. The number of rotatable bonds is 5. The summed E-state index contributed by atoms with van der Waals surface area (Å²) in [6.45, 7) is 2.57. The molecule has 148 valence electrons. The van der Waals surface area contributed by atoms with Crippen LogP contribution in [0.1, 0.15) is 21.1 Å². The van der Waals surface area contributed by atoms with Crippen molar-refractivity contribution < 1.29 is 4.79 Å². The van der Waals surface area contributed by atoms with Gasteiger partial charge in [-0.25, -0.2) is 4.98 Å². The van der Waals surface area contributed by atoms with E-state index in [0.717, 1.165) is 27.0 Å². The summed E-state index contributed by atoms with van der Waals surface area (Å²) >= 11 is 1.45. The molecule has 5 rings (SSSR count). The van der Waals surface area contributed by atoms with Crippen LogP contribution in [-0.4, -0.2) is 30.9 Å². The third-order valence-corrected chi connectivity index (χ3v) is 5.59. The molecule has 0 saturated heterocycles. The van der Waals surface area contributed by atoms with E-state index >= 15 is 0 Å². The largest absolute Gasteiger partial charge is 0.320 e. The summed E-state index contributed by atoms with van der Waals surface area (Å²) in [4.78, 5) is 16.9. The van der Waals surface area contributed by atoms with Gasteiger partial charge in [-0.1, -0.05) is 30.3 Å². The van der Waals surface area contributed by atoms with Crippen molar-refractivity contribution in [2.75, 3.05) is 5.32 Å². The van der Waals surface area contributed by atoms with Crippen molar-refractivity contribution >= 4 is 33.8 Å². The monoisotopic (exact) mass is 414 g/mol. The quantitative estimate of drug-likeness (QED) is 0.443. The maximum Gasteiger partial charge on any atom is 0.275 e. The summed E-state index contributed by atoms with van der Waals surface area (Å²) in [5.74, 6) is -0.237. The Morgan fingerprint density at radius 2 is 2.03 bits per heavy atom. The van der Waals surface area contributed by atoms with Crippen molar-refractivity contribution in [3.05, 3.63) is 82.7 Å². The second-order valence-electron chi connectivity index (χ2n) is 6.97. The first-order chi connectivity index (χ1) is 14.7. The summed E-state index contributed by atoms with van der Waals surface area (Å²) in [5, 5.41) is 18.0. The Morgan fingerprint density at radius 1 is 1.17 bits per heavy atom. The minimum absolute atomic E-state index is 0.237. The molecule has 0 unspecified atom stereocenters. The average Bonchev–Trinajstić information content (AvgIpc) is 3.49. The third-order valence-electron chi connectivity index (χ3n) is 4.81. The Labute approximate surface area is 176 Å². The van der Waals surface area contributed by atoms with Gasteiger partial charge in [0.2, 0.25) is 0 Å². The lowest BCUT2D eigenvalue weighted by Crippen LogP contribution is -2.12. The van der Waals surface area contributed by atoms with Gasteiger partial charge in [-0.3, -0.25) is 14.6 Å². The second kappa shape index (κ2) is 7.57. The molecule has 0 saturated carbocycles. The van der Waals surface area contributed by atoms with Crippen LogP contribution >= 0.6 is 11.3 Å². The zero-order valence-electron chi connectivity index (χ0n) is 16.2. The van der Waals surface area contributed by atoms with E-state index < -0.39 is 0 Å². The van der Waals surface area contributed by atoms with Gasteiger partial charge in [-0.15, -0.1) is 11.3 Å². The van der Waals surface area contributed by atoms with Gasteiger partial charge in [0.05, 0.1) is 35.2 Å². The highest BCUT2D eigenvalue weighted by Crippen LogP contribution is 2.30. The lowest BCUT2D eigenvalue weighted by Gasteiger charge is -2.08. The number of carbonyl (C=O) groups is 1. The lowest BCUT2D eigenvalue weighted by molar-refractivity contribution is 0.102. The third kappa shape index (κ3) is 3.60. The average molecular weight is 414 g/mol. The van der Waals surface area contributed by atoms with Crippen LogP contribution in [0.5, 0.6) is 0 Å². The van der Waals surface area contributed by atoms with E-state index in [1.807, 2.05) is 54.3 Å². The predicted molar refractivity (Wildman–Crippen MR) is 118 cm³/mol. The van der Waals surface area contributed by atoms with Crippen LogP contribution in [0, 0.1) is 6.92 Å². The minimum Gasteiger partial charge on any atom is -0.320 e. The van der Waals surface area contributed by atoms with Gasteiger partial charge in [-0.05, 0) is 30.2 Å². The fraction of sp³-hybridized carbons (Fsp3) is 0.0909. The van der Waals surface area contributed by atoms with Crippen LogP contribution in [0.3, 0.4) is 0 Å². The fourth-order valence-corrected chi connectivity index (χ4v) is 3.94. The van der Waals surface area contributed by atoms with Crippen molar-refractivity contribution in [2.24, 2.45) is 0 Å².